The average Bonchev–Trinajstić information content (AvgIpc) is 2.56. The monoisotopic (exact) mass is 314 g/mol. The maximum Gasteiger partial charge on any atom is 0.303 e. The molecule has 0 unspecified atom stereocenters. The van der Waals surface area contributed by atoms with E-state index in [1.807, 2.05) is 6.07 Å². The number of hydrogen-bond acceptors (Lipinski definition) is 3. The molecule has 2 N–H and O–H groups in total. The van der Waals surface area contributed by atoms with Crippen molar-refractivity contribution in [3.8, 4) is 0 Å². The van der Waals surface area contributed by atoms with Gasteiger partial charge in [-0.1, -0.05) is 30.3 Å². The molecule has 2 aromatic carbocycles. The first kappa shape index (κ1) is 16.4. The zero-order chi connectivity index (χ0) is 16.7. The lowest BCUT2D eigenvalue weighted by Crippen LogP contribution is -2.20. The molecule has 0 saturated heterocycles. The zero-order valence-corrected chi connectivity index (χ0v) is 12.2. The SMILES string of the molecule is O=C(O)CC/C(=N\NC(=O)c1ccc(F)cc1)c1ccccc1. The summed E-state index contributed by atoms with van der Waals surface area (Å²) in [4.78, 5) is 22.7. The normalized spacial score (nSPS) is 11.1. The highest BCUT2D eigenvalue weighted by molar-refractivity contribution is 6.03. The Hall–Kier alpha value is -3.02. The van der Waals surface area contributed by atoms with E-state index in [2.05, 4.69) is 10.5 Å². The number of carbonyl (C=O) groups is 2. The van der Waals surface area contributed by atoms with Gasteiger partial charge < -0.3 is 5.11 Å². The molecule has 0 heterocycles. The molecule has 6 heteroatoms. The number of rotatable bonds is 6. The largest absolute Gasteiger partial charge is 0.481 e. The van der Waals surface area contributed by atoms with Gasteiger partial charge in [-0.3, -0.25) is 9.59 Å². The number of carboxylic acid groups (broad SMARTS) is 1. The van der Waals surface area contributed by atoms with Crippen LogP contribution < -0.4 is 5.43 Å². The van der Waals surface area contributed by atoms with E-state index >= 15 is 0 Å². The van der Waals surface area contributed by atoms with Gasteiger partial charge in [-0.25, -0.2) is 9.82 Å². The minimum Gasteiger partial charge on any atom is -0.481 e. The Morgan fingerprint density at radius 1 is 0.957 bits per heavy atom. The standard InChI is InChI=1S/C17H15FN2O3/c18-14-8-6-13(7-9-14)17(23)20-19-15(10-11-16(21)22)12-4-2-1-3-5-12/h1-9H,10-11H2,(H,20,23)(H,21,22)/b19-15+. The number of nitrogens with one attached hydrogen (secondary N) is 1. The van der Waals surface area contributed by atoms with Crippen molar-refractivity contribution in [2.24, 2.45) is 5.10 Å². The molecule has 0 bridgehead atoms. The Morgan fingerprint density at radius 2 is 1.61 bits per heavy atom. The number of carbonyl (C=O) groups excluding carboxylic acids is 1. The fraction of sp³-hybridized carbons (Fsp3) is 0.118. The molecular formula is C17H15FN2O3. The Labute approximate surface area is 132 Å². The summed E-state index contributed by atoms with van der Waals surface area (Å²) in [6, 6.07) is 14.0. The maximum absolute atomic E-state index is 12.8. The fourth-order valence-electron chi connectivity index (χ4n) is 1.90. The highest BCUT2D eigenvalue weighted by Gasteiger charge is 2.09. The molecule has 1 amide bonds. The first-order chi connectivity index (χ1) is 11.1. The van der Waals surface area contributed by atoms with Gasteiger partial charge in [0.15, 0.2) is 0 Å². The van der Waals surface area contributed by atoms with Gasteiger partial charge in [-0.05, 0) is 29.8 Å². The molecular weight excluding hydrogens is 299 g/mol. The zero-order valence-electron chi connectivity index (χ0n) is 12.2. The summed E-state index contributed by atoms with van der Waals surface area (Å²) in [5.74, 6) is -1.87. The molecule has 0 aromatic heterocycles. The second kappa shape index (κ2) is 7.84. The Kier molecular flexibility index (Phi) is 5.57. The molecule has 0 aliphatic carbocycles. The topological polar surface area (TPSA) is 78.8 Å². The summed E-state index contributed by atoms with van der Waals surface area (Å²) >= 11 is 0. The van der Waals surface area contributed by atoms with E-state index in [-0.39, 0.29) is 18.4 Å². The van der Waals surface area contributed by atoms with Crippen molar-refractivity contribution >= 4 is 17.6 Å². The quantitative estimate of drug-likeness (QED) is 0.635. The lowest BCUT2D eigenvalue weighted by atomic mass is 10.1. The molecule has 2 rings (SSSR count). The molecule has 0 radical (unpaired) electrons. The van der Waals surface area contributed by atoms with Gasteiger partial charge in [-0.2, -0.15) is 5.10 Å². The van der Waals surface area contributed by atoms with E-state index in [1.54, 1.807) is 24.3 Å². The van der Waals surface area contributed by atoms with Crippen LogP contribution in [0.5, 0.6) is 0 Å². The molecule has 0 fully saturated rings. The summed E-state index contributed by atoms with van der Waals surface area (Å²) in [5, 5.41) is 12.8. The lowest BCUT2D eigenvalue weighted by Gasteiger charge is -2.06. The predicted molar refractivity (Wildman–Crippen MR) is 83.7 cm³/mol. The van der Waals surface area contributed by atoms with Gasteiger partial charge in [0.05, 0.1) is 12.1 Å². The van der Waals surface area contributed by atoms with E-state index in [0.717, 1.165) is 5.56 Å². The first-order valence-electron chi connectivity index (χ1n) is 6.96. The number of nitrogens with zero attached hydrogens (tertiary/aromatic N) is 1. The van der Waals surface area contributed by atoms with Crippen LogP contribution in [0.3, 0.4) is 0 Å². The van der Waals surface area contributed by atoms with Crippen molar-refractivity contribution in [2.75, 3.05) is 0 Å². The fourth-order valence-corrected chi connectivity index (χ4v) is 1.90. The average molecular weight is 314 g/mol. The van der Waals surface area contributed by atoms with Crippen molar-refractivity contribution in [1.29, 1.82) is 0 Å². The molecule has 23 heavy (non-hydrogen) atoms. The number of halogens is 1. The van der Waals surface area contributed by atoms with Gasteiger partial charge >= 0.3 is 5.97 Å². The third kappa shape index (κ3) is 5.03. The van der Waals surface area contributed by atoms with Crippen LogP contribution in [0, 0.1) is 5.82 Å². The van der Waals surface area contributed by atoms with Crippen molar-refractivity contribution in [3.05, 3.63) is 71.5 Å². The number of benzene rings is 2. The summed E-state index contributed by atoms with van der Waals surface area (Å²) in [6.45, 7) is 0. The number of aliphatic carboxylic acids is 1. The Morgan fingerprint density at radius 3 is 2.22 bits per heavy atom. The van der Waals surface area contributed by atoms with E-state index in [1.165, 1.54) is 24.3 Å². The van der Waals surface area contributed by atoms with Crippen molar-refractivity contribution in [2.45, 2.75) is 12.8 Å². The Balaban J connectivity index is 2.14. The summed E-state index contributed by atoms with van der Waals surface area (Å²) in [5.41, 5.74) is 3.83. The third-order valence-corrected chi connectivity index (χ3v) is 3.08. The number of carboxylic acids is 1. The minimum atomic E-state index is -0.946. The van der Waals surface area contributed by atoms with E-state index in [9.17, 15) is 14.0 Å². The second-order valence-corrected chi connectivity index (χ2v) is 4.77. The predicted octanol–water partition coefficient (Wildman–Crippen LogP) is 2.82. The van der Waals surface area contributed by atoms with Crippen LogP contribution in [-0.4, -0.2) is 22.7 Å². The van der Waals surface area contributed by atoms with Crippen LogP contribution >= 0.6 is 0 Å². The van der Waals surface area contributed by atoms with Crippen molar-refractivity contribution < 1.29 is 19.1 Å². The van der Waals surface area contributed by atoms with Crippen molar-refractivity contribution in [1.82, 2.24) is 5.43 Å². The molecule has 0 atom stereocenters. The number of amides is 1. The van der Waals surface area contributed by atoms with E-state index < -0.39 is 17.7 Å². The Bertz CT molecular complexity index is 712. The van der Waals surface area contributed by atoms with Crippen LogP contribution in [0.2, 0.25) is 0 Å². The van der Waals surface area contributed by atoms with Crippen LogP contribution in [0.1, 0.15) is 28.8 Å². The molecule has 5 nitrogen and oxygen atoms in total. The highest BCUT2D eigenvalue weighted by Crippen LogP contribution is 2.07. The van der Waals surface area contributed by atoms with Crippen LogP contribution in [0.15, 0.2) is 59.7 Å². The third-order valence-electron chi connectivity index (χ3n) is 3.08. The maximum atomic E-state index is 12.8. The molecule has 118 valence electrons. The molecule has 0 aliphatic rings. The van der Waals surface area contributed by atoms with Gasteiger partial charge in [0.2, 0.25) is 0 Å². The highest BCUT2D eigenvalue weighted by atomic mass is 19.1. The van der Waals surface area contributed by atoms with Gasteiger partial charge in [0.25, 0.3) is 5.91 Å². The van der Waals surface area contributed by atoms with E-state index in [0.29, 0.717) is 5.71 Å². The summed E-state index contributed by atoms with van der Waals surface area (Å²) in [6.07, 6.45) is 0.0865. The van der Waals surface area contributed by atoms with Crippen LogP contribution in [0.4, 0.5) is 4.39 Å². The first-order valence-corrected chi connectivity index (χ1v) is 6.96. The van der Waals surface area contributed by atoms with E-state index in [4.69, 9.17) is 5.11 Å². The summed E-state index contributed by atoms with van der Waals surface area (Å²) in [7, 11) is 0. The lowest BCUT2D eigenvalue weighted by molar-refractivity contribution is -0.136. The number of hydrogen-bond donors (Lipinski definition) is 2. The second-order valence-electron chi connectivity index (χ2n) is 4.77. The smallest absolute Gasteiger partial charge is 0.303 e. The summed E-state index contributed by atoms with van der Waals surface area (Å²) < 4.78 is 12.8. The minimum absolute atomic E-state index is 0.0971. The number of hydrazone groups is 1. The molecule has 0 spiro atoms. The van der Waals surface area contributed by atoms with Crippen LogP contribution in [-0.2, 0) is 4.79 Å². The van der Waals surface area contributed by atoms with Crippen LogP contribution in [0.25, 0.3) is 0 Å². The van der Waals surface area contributed by atoms with Gasteiger partial charge in [-0.15, -0.1) is 0 Å². The molecule has 0 saturated carbocycles. The molecule has 2 aromatic rings. The molecule has 0 aliphatic heterocycles. The van der Waals surface area contributed by atoms with Gasteiger partial charge in [0, 0.05) is 12.0 Å². The van der Waals surface area contributed by atoms with Gasteiger partial charge in [0.1, 0.15) is 5.82 Å². The van der Waals surface area contributed by atoms with Crippen molar-refractivity contribution in [3.63, 3.8) is 0 Å².